The molecule has 0 aromatic rings. The molecule has 2 rings (SSSR count). The number of rotatable bonds is 3. The molecule has 2 unspecified atom stereocenters. The third-order valence-electron chi connectivity index (χ3n) is 3.74. The Hall–Kier alpha value is -0.0800. The molecular weight excluding hydrogens is 174 g/mol. The van der Waals surface area contributed by atoms with Crippen molar-refractivity contribution in [3.63, 3.8) is 0 Å². The van der Waals surface area contributed by atoms with Crippen molar-refractivity contribution in [2.75, 3.05) is 6.54 Å². The molecule has 2 atom stereocenters. The molecule has 0 aromatic carbocycles. The van der Waals surface area contributed by atoms with Crippen LogP contribution < -0.4 is 5.32 Å². The SMILES string of the molecule is CC1CCCC(O)(CNC2CC2)CC1. The highest BCUT2D eigenvalue weighted by molar-refractivity contribution is 4.89. The first-order valence-corrected chi connectivity index (χ1v) is 6.14. The van der Waals surface area contributed by atoms with Crippen molar-refractivity contribution in [1.82, 2.24) is 5.32 Å². The Kier molecular flexibility index (Phi) is 3.13. The lowest BCUT2D eigenvalue weighted by Crippen LogP contribution is -2.41. The smallest absolute Gasteiger partial charge is 0.0771 e. The quantitative estimate of drug-likeness (QED) is 0.679. The van der Waals surface area contributed by atoms with E-state index in [-0.39, 0.29) is 0 Å². The normalized spacial score (nSPS) is 39.4. The highest BCUT2D eigenvalue weighted by atomic mass is 16.3. The summed E-state index contributed by atoms with van der Waals surface area (Å²) in [6.45, 7) is 3.13. The summed E-state index contributed by atoms with van der Waals surface area (Å²) >= 11 is 0. The Labute approximate surface area is 87.1 Å². The Bertz CT molecular complexity index is 191. The highest BCUT2D eigenvalue weighted by Crippen LogP contribution is 2.30. The van der Waals surface area contributed by atoms with Gasteiger partial charge in [0.15, 0.2) is 0 Å². The van der Waals surface area contributed by atoms with Gasteiger partial charge in [-0.3, -0.25) is 0 Å². The van der Waals surface area contributed by atoms with Crippen LogP contribution >= 0.6 is 0 Å². The number of hydrogen-bond donors (Lipinski definition) is 2. The van der Waals surface area contributed by atoms with Crippen LogP contribution in [0.3, 0.4) is 0 Å². The van der Waals surface area contributed by atoms with Crippen molar-refractivity contribution in [3.8, 4) is 0 Å². The third kappa shape index (κ3) is 2.96. The first-order valence-electron chi connectivity index (χ1n) is 6.14. The summed E-state index contributed by atoms with van der Waals surface area (Å²) < 4.78 is 0. The number of hydrogen-bond acceptors (Lipinski definition) is 2. The topological polar surface area (TPSA) is 32.3 Å². The monoisotopic (exact) mass is 197 g/mol. The lowest BCUT2D eigenvalue weighted by molar-refractivity contribution is 0.0241. The third-order valence-corrected chi connectivity index (χ3v) is 3.74. The molecule has 0 bridgehead atoms. The van der Waals surface area contributed by atoms with Gasteiger partial charge < -0.3 is 10.4 Å². The average Bonchev–Trinajstić information content (AvgIpc) is 2.94. The maximum absolute atomic E-state index is 10.4. The van der Waals surface area contributed by atoms with E-state index in [1.165, 1.54) is 32.1 Å². The molecule has 2 heteroatoms. The van der Waals surface area contributed by atoms with E-state index in [0.29, 0.717) is 0 Å². The average molecular weight is 197 g/mol. The molecule has 2 N–H and O–H groups in total. The molecule has 0 spiro atoms. The first kappa shape index (κ1) is 10.4. The second-order valence-corrected chi connectivity index (χ2v) is 5.42. The van der Waals surface area contributed by atoms with E-state index < -0.39 is 5.60 Å². The van der Waals surface area contributed by atoms with Crippen molar-refractivity contribution in [2.24, 2.45) is 5.92 Å². The van der Waals surface area contributed by atoms with Crippen molar-refractivity contribution < 1.29 is 5.11 Å². The molecule has 2 nitrogen and oxygen atoms in total. The van der Waals surface area contributed by atoms with Crippen LogP contribution in [0.4, 0.5) is 0 Å². The minimum Gasteiger partial charge on any atom is -0.389 e. The summed E-state index contributed by atoms with van der Waals surface area (Å²) in [4.78, 5) is 0. The van der Waals surface area contributed by atoms with E-state index >= 15 is 0 Å². The summed E-state index contributed by atoms with van der Waals surface area (Å²) in [5.74, 6) is 0.810. The van der Waals surface area contributed by atoms with Gasteiger partial charge in [0.05, 0.1) is 5.60 Å². The lowest BCUT2D eigenvalue weighted by atomic mass is 9.94. The standard InChI is InChI=1S/C12H23NO/c1-10-3-2-7-12(14,8-6-10)9-13-11-4-5-11/h10-11,13-14H,2-9H2,1H3. The van der Waals surface area contributed by atoms with Gasteiger partial charge in [-0.15, -0.1) is 0 Å². The molecular formula is C12H23NO. The fourth-order valence-electron chi connectivity index (χ4n) is 2.36. The second-order valence-electron chi connectivity index (χ2n) is 5.42. The van der Waals surface area contributed by atoms with Crippen molar-refractivity contribution >= 4 is 0 Å². The van der Waals surface area contributed by atoms with Gasteiger partial charge >= 0.3 is 0 Å². The zero-order chi connectivity index (χ0) is 10.0. The van der Waals surface area contributed by atoms with E-state index in [1.54, 1.807) is 0 Å². The summed E-state index contributed by atoms with van der Waals surface area (Å²) in [5, 5.41) is 13.8. The zero-order valence-corrected chi connectivity index (χ0v) is 9.26. The number of nitrogens with one attached hydrogen (secondary N) is 1. The molecule has 0 heterocycles. The number of aliphatic hydroxyl groups is 1. The molecule has 14 heavy (non-hydrogen) atoms. The highest BCUT2D eigenvalue weighted by Gasteiger charge is 2.31. The summed E-state index contributed by atoms with van der Waals surface area (Å²) in [7, 11) is 0. The van der Waals surface area contributed by atoms with Gasteiger partial charge in [-0.1, -0.05) is 19.8 Å². The predicted molar refractivity (Wildman–Crippen MR) is 58.2 cm³/mol. The second kappa shape index (κ2) is 4.19. The molecule has 82 valence electrons. The largest absolute Gasteiger partial charge is 0.389 e. The molecule has 2 aliphatic rings. The van der Waals surface area contributed by atoms with Gasteiger partial charge in [0.1, 0.15) is 0 Å². The Morgan fingerprint density at radius 1 is 1.21 bits per heavy atom. The van der Waals surface area contributed by atoms with Gasteiger partial charge in [0.25, 0.3) is 0 Å². The first-order chi connectivity index (χ1) is 6.68. The van der Waals surface area contributed by atoms with Crippen LogP contribution in [0.1, 0.15) is 51.9 Å². The molecule has 0 radical (unpaired) electrons. The maximum atomic E-state index is 10.4. The van der Waals surface area contributed by atoms with Crippen molar-refractivity contribution in [3.05, 3.63) is 0 Å². The summed E-state index contributed by atoms with van der Waals surface area (Å²) in [5.41, 5.74) is -0.395. The van der Waals surface area contributed by atoms with E-state index in [2.05, 4.69) is 12.2 Å². The summed E-state index contributed by atoms with van der Waals surface area (Å²) in [6.07, 6.45) is 8.31. The molecule has 2 aliphatic carbocycles. The van der Waals surface area contributed by atoms with Crippen molar-refractivity contribution in [2.45, 2.75) is 63.5 Å². The van der Waals surface area contributed by atoms with Crippen LogP contribution in [-0.4, -0.2) is 23.3 Å². The van der Waals surface area contributed by atoms with Gasteiger partial charge in [0.2, 0.25) is 0 Å². The molecule has 0 aliphatic heterocycles. The van der Waals surface area contributed by atoms with Gasteiger partial charge in [-0.2, -0.15) is 0 Å². The molecule has 2 fully saturated rings. The van der Waals surface area contributed by atoms with Crippen LogP contribution in [-0.2, 0) is 0 Å². The lowest BCUT2D eigenvalue weighted by Gasteiger charge is -2.27. The van der Waals surface area contributed by atoms with Gasteiger partial charge in [0, 0.05) is 12.6 Å². The van der Waals surface area contributed by atoms with E-state index in [4.69, 9.17) is 0 Å². The van der Waals surface area contributed by atoms with Crippen LogP contribution in [0.15, 0.2) is 0 Å². The fourth-order valence-corrected chi connectivity index (χ4v) is 2.36. The molecule has 0 saturated heterocycles. The zero-order valence-electron chi connectivity index (χ0n) is 9.26. The summed E-state index contributed by atoms with van der Waals surface area (Å²) in [6, 6.07) is 0.722. The maximum Gasteiger partial charge on any atom is 0.0771 e. The molecule has 0 amide bonds. The van der Waals surface area contributed by atoms with Gasteiger partial charge in [-0.25, -0.2) is 0 Å². The Balaban J connectivity index is 1.79. The van der Waals surface area contributed by atoms with Crippen LogP contribution in [0.25, 0.3) is 0 Å². The van der Waals surface area contributed by atoms with E-state index in [0.717, 1.165) is 31.3 Å². The Morgan fingerprint density at radius 3 is 2.71 bits per heavy atom. The minimum absolute atomic E-state index is 0.395. The predicted octanol–water partition coefficient (Wildman–Crippen LogP) is 2.07. The van der Waals surface area contributed by atoms with Gasteiger partial charge in [-0.05, 0) is 38.0 Å². The molecule has 0 aromatic heterocycles. The van der Waals surface area contributed by atoms with Crippen LogP contribution in [0.5, 0.6) is 0 Å². The minimum atomic E-state index is -0.395. The van der Waals surface area contributed by atoms with Crippen LogP contribution in [0.2, 0.25) is 0 Å². The van der Waals surface area contributed by atoms with E-state index in [1.807, 2.05) is 0 Å². The Morgan fingerprint density at radius 2 is 2.00 bits per heavy atom. The van der Waals surface area contributed by atoms with E-state index in [9.17, 15) is 5.11 Å². The van der Waals surface area contributed by atoms with Crippen LogP contribution in [0, 0.1) is 5.92 Å². The van der Waals surface area contributed by atoms with Crippen molar-refractivity contribution in [1.29, 1.82) is 0 Å². The molecule has 2 saturated carbocycles. The fraction of sp³-hybridized carbons (Fsp3) is 1.00.